The van der Waals surface area contributed by atoms with Crippen LogP contribution in [0.3, 0.4) is 0 Å². The summed E-state index contributed by atoms with van der Waals surface area (Å²) in [6.45, 7) is 3.28. The summed E-state index contributed by atoms with van der Waals surface area (Å²) in [5.41, 5.74) is 0.620. The molecule has 1 saturated carbocycles. The van der Waals surface area contributed by atoms with Crippen LogP contribution in [0.1, 0.15) is 26.2 Å². The Hall–Kier alpha value is -1.82. The standard InChI is InChI=1S/C14H20N2O4/c1-2-5-20-13-7-11(6-12(8-13)16(18)19)15-9-14(10-17)3-4-14/h6-8,15,17H,2-5,9-10H2,1H3. The number of nitrogens with one attached hydrogen (secondary N) is 1. The monoisotopic (exact) mass is 280 g/mol. The van der Waals surface area contributed by atoms with E-state index in [0.29, 0.717) is 24.6 Å². The summed E-state index contributed by atoms with van der Waals surface area (Å²) < 4.78 is 5.47. The summed E-state index contributed by atoms with van der Waals surface area (Å²) in [6.07, 6.45) is 2.83. The molecule has 1 aliphatic rings. The molecule has 6 heteroatoms. The molecule has 0 bridgehead atoms. The zero-order chi connectivity index (χ0) is 14.6. The molecule has 0 radical (unpaired) electrons. The van der Waals surface area contributed by atoms with E-state index in [1.165, 1.54) is 12.1 Å². The zero-order valence-electron chi connectivity index (χ0n) is 11.6. The number of ether oxygens (including phenoxy) is 1. The van der Waals surface area contributed by atoms with Crippen LogP contribution in [-0.2, 0) is 0 Å². The first-order valence-corrected chi connectivity index (χ1v) is 6.85. The van der Waals surface area contributed by atoms with Crippen molar-refractivity contribution in [1.29, 1.82) is 0 Å². The van der Waals surface area contributed by atoms with Gasteiger partial charge in [-0.15, -0.1) is 0 Å². The van der Waals surface area contributed by atoms with Crippen LogP contribution < -0.4 is 10.1 Å². The van der Waals surface area contributed by atoms with Gasteiger partial charge in [0.05, 0.1) is 24.2 Å². The molecule has 0 atom stereocenters. The van der Waals surface area contributed by atoms with Crippen LogP contribution in [0.15, 0.2) is 18.2 Å². The number of nitro groups is 1. The number of non-ortho nitro benzene ring substituents is 1. The molecule has 0 heterocycles. The van der Waals surface area contributed by atoms with Crippen LogP contribution >= 0.6 is 0 Å². The van der Waals surface area contributed by atoms with Crippen LogP contribution in [0.25, 0.3) is 0 Å². The molecule has 0 aromatic heterocycles. The smallest absolute Gasteiger partial charge is 0.275 e. The van der Waals surface area contributed by atoms with Crippen molar-refractivity contribution in [3.05, 3.63) is 28.3 Å². The van der Waals surface area contributed by atoms with Crippen molar-refractivity contribution in [2.45, 2.75) is 26.2 Å². The van der Waals surface area contributed by atoms with Crippen LogP contribution in [0.5, 0.6) is 5.75 Å². The Labute approximate surface area is 117 Å². The second-order valence-corrected chi connectivity index (χ2v) is 5.33. The van der Waals surface area contributed by atoms with Gasteiger partial charge >= 0.3 is 0 Å². The van der Waals surface area contributed by atoms with Gasteiger partial charge in [-0.25, -0.2) is 0 Å². The molecule has 1 aromatic carbocycles. The number of nitrogens with zero attached hydrogens (tertiary/aromatic N) is 1. The normalized spacial score (nSPS) is 15.7. The molecule has 0 spiro atoms. The van der Waals surface area contributed by atoms with E-state index in [1.54, 1.807) is 6.07 Å². The number of hydrogen-bond acceptors (Lipinski definition) is 5. The van der Waals surface area contributed by atoms with E-state index >= 15 is 0 Å². The van der Waals surface area contributed by atoms with E-state index in [4.69, 9.17) is 4.74 Å². The fourth-order valence-corrected chi connectivity index (χ4v) is 1.95. The van der Waals surface area contributed by atoms with Crippen molar-refractivity contribution < 1.29 is 14.8 Å². The molecule has 2 N–H and O–H groups in total. The van der Waals surface area contributed by atoms with Gasteiger partial charge in [-0.05, 0) is 19.3 Å². The highest BCUT2D eigenvalue weighted by Gasteiger charge is 2.41. The van der Waals surface area contributed by atoms with Crippen molar-refractivity contribution in [3.8, 4) is 5.75 Å². The van der Waals surface area contributed by atoms with Gasteiger partial charge in [0, 0.05) is 29.8 Å². The number of nitro benzene ring substituents is 1. The number of aliphatic hydroxyl groups is 1. The Morgan fingerprint density at radius 2 is 2.20 bits per heavy atom. The lowest BCUT2D eigenvalue weighted by atomic mass is 10.1. The number of hydrogen-bond donors (Lipinski definition) is 2. The minimum absolute atomic E-state index is 0.00921. The van der Waals surface area contributed by atoms with Gasteiger partial charge in [-0.2, -0.15) is 0 Å². The summed E-state index contributed by atoms with van der Waals surface area (Å²) >= 11 is 0. The number of anilines is 1. The number of benzene rings is 1. The first-order valence-electron chi connectivity index (χ1n) is 6.85. The van der Waals surface area contributed by atoms with Crippen molar-refractivity contribution >= 4 is 11.4 Å². The SMILES string of the molecule is CCCOc1cc(NCC2(CO)CC2)cc([N+](=O)[O-])c1. The van der Waals surface area contributed by atoms with E-state index in [9.17, 15) is 15.2 Å². The van der Waals surface area contributed by atoms with E-state index in [1.807, 2.05) is 6.92 Å². The summed E-state index contributed by atoms with van der Waals surface area (Å²) in [5.74, 6) is 0.498. The first-order chi connectivity index (χ1) is 9.58. The Bertz CT molecular complexity index is 486. The molecule has 1 aliphatic carbocycles. The van der Waals surface area contributed by atoms with Gasteiger partial charge in [0.1, 0.15) is 5.75 Å². The maximum atomic E-state index is 10.9. The topological polar surface area (TPSA) is 84.6 Å². The quantitative estimate of drug-likeness (QED) is 0.564. The Morgan fingerprint density at radius 1 is 1.45 bits per heavy atom. The fourth-order valence-electron chi connectivity index (χ4n) is 1.95. The maximum Gasteiger partial charge on any atom is 0.275 e. The molecule has 0 aliphatic heterocycles. The molecule has 0 unspecified atom stereocenters. The predicted octanol–water partition coefficient (Wildman–Crippen LogP) is 2.57. The van der Waals surface area contributed by atoms with Gasteiger partial charge in [-0.3, -0.25) is 10.1 Å². The molecule has 1 fully saturated rings. The Morgan fingerprint density at radius 3 is 2.75 bits per heavy atom. The van der Waals surface area contributed by atoms with E-state index in [-0.39, 0.29) is 17.7 Å². The summed E-state index contributed by atoms with van der Waals surface area (Å²) in [6, 6.07) is 4.68. The third-order valence-corrected chi connectivity index (χ3v) is 3.53. The van der Waals surface area contributed by atoms with Gasteiger partial charge in [0.2, 0.25) is 0 Å². The van der Waals surface area contributed by atoms with Crippen molar-refractivity contribution in [3.63, 3.8) is 0 Å². The molecule has 2 rings (SSSR count). The van der Waals surface area contributed by atoms with Crippen LogP contribution in [0, 0.1) is 15.5 Å². The summed E-state index contributed by atoms with van der Waals surface area (Å²) in [7, 11) is 0. The highest BCUT2D eigenvalue weighted by molar-refractivity contribution is 5.56. The number of aliphatic hydroxyl groups excluding tert-OH is 1. The molecular weight excluding hydrogens is 260 g/mol. The Balaban J connectivity index is 2.09. The Kier molecular flexibility index (Phi) is 4.44. The van der Waals surface area contributed by atoms with Crippen LogP contribution in [-0.4, -0.2) is 29.8 Å². The molecule has 20 heavy (non-hydrogen) atoms. The van der Waals surface area contributed by atoms with E-state index in [0.717, 1.165) is 19.3 Å². The average molecular weight is 280 g/mol. The van der Waals surface area contributed by atoms with E-state index < -0.39 is 4.92 Å². The molecule has 0 saturated heterocycles. The third-order valence-electron chi connectivity index (χ3n) is 3.53. The van der Waals surface area contributed by atoms with Crippen molar-refractivity contribution in [1.82, 2.24) is 0 Å². The lowest BCUT2D eigenvalue weighted by Gasteiger charge is -2.14. The van der Waals surface area contributed by atoms with Crippen LogP contribution in [0.2, 0.25) is 0 Å². The van der Waals surface area contributed by atoms with Crippen molar-refractivity contribution in [2.75, 3.05) is 25.1 Å². The largest absolute Gasteiger partial charge is 0.493 e. The lowest BCUT2D eigenvalue weighted by molar-refractivity contribution is -0.384. The van der Waals surface area contributed by atoms with Gasteiger partial charge in [0.25, 0.3) is 5.69 Å². The molecule has 110 valence electrons. The molecule has 0 amide bonds. The van der Waals surface area contributed by atoms with Gasteiger partial charge < -0.3 is 15.2 Å². The van der Waals surface area contributed by atoms with Crippen LogP contribution in [0.4, 0.5) is 11.4 Å². The molecule has 6 nitrogen and oxygen atoms in total. The first kappa shape index (κ1) is 14.6. The highest BCUT2D eigenvalue weighted by atomic mass is 16.6. The third kappa shape index (κ3) is 3.60. The minimum atomic E-state index is -0.428. The molecule has 1 aromatic rings. The summed E-state index contributed by atoms with van der Waals surface area (Å²) in [4.78, 5) is 10.5. The van der Waals surface area contributed by atoms with Crippen molar-refractivity contribution in [2.24, 2.45) is 5.41 Å². The maximum absolute atomic E-state index is 10.9. The second kappa shape index (κ2) is 6.09. The van der Waals surface area contributed by atoms with E-state index in [2.05, 4.69) is 5.32 Å². The second-order valence-electron chi connectivity index (χ2n) is 5.33. The highest BCUT2D eigenvalue weighted by Crippen LogP contribution is 2.45. The average Bonchev–Trinajstić information content (AvgIpc) is 3.23. The predicted molar refractivity (Wildman–Crippen MR) is 76.1 cm³/mol. The number of rotatable bonds is 8. The fraction of sp³-hybridized carbons (Fsp3) is 0.571. The zero-order valence-corrected chi connectivity index (χ0v) is 11.6. The van der Waals surface area contributed by atoms with Gasteiger partial charge in [0.15, 0.2) is 0 Å². The lowest BCUT2D eigenvalue weighted by Crippen LogP contribution is -2.19. The van der Waals surface area contributed by atoms with Gasteiger partial charge in [-0.1, -0.05) is 6.92 Å². The summed E-state index contributed by atoms with van der Waals surface area (Å²) in [5, 5.41) is 23.4. The minimum Gasteiger partial charge on any atom is -0.493 e. The molecular formula is C14H20N2O4.